The van der Waals surface area contributed by atoms with Gasteiger partial charge in [0.15, 0.2) is 6.29 Å². The van der Waals surface area contributed by atoms with E-state index < -0.39 is 0 Å². The Bertz CT molecular complexity index is 239. The minimum atomic E-state index is -0.173. The molecule has 0 aromatic heterocycles. The normalized spacial score (nSPS) is 21.4. The Labute approximate surface area is 111 Å². The molecule has 4 heteroatoms. The van der Waals surface area contributed by atoms with Crippen LogP contribution in [0.2, 0.25) is 0 Å². The molecule has 1 aliphatic rings. The van der Waals surface area contributed by atoms with Gasteiger partial charge in [0.25, 0.3) is 0 Å². The van der Waals surface area contributed by atoms with E-state index in [1.807, 2.05) is 18.7 Å². The Kier molecular flexibility index (Phi) is 7.28. The number of ether oxygens (including phenoxy) is 2. The summed E-state index contributed by atoms with van der Waals surface area (Å²) in [5.74, 6) is 0.944. The molecule has 1 rings (SSSR count). The van der Waals surface area contributed by atoms with Gasteiger partial charge in [0.05, 0.1) is 0 Å². The zero-order chi connectivity index (χ0) is 13.4. The maximum Gasteiger partial charge on any atom is 0.222 e. The van der Waals surface area contributed by atoms with Crippen LogP contribution in [0.25, 0.3) is 0 Å². The van der Waals surface area contributed by atoms with Crippen molar-refractivity contribution in [1.82, 2.24) is 4.90 Å². The van der Waals surface area contributed by atoms with Crippen molar-refractivity contribution in [2.75, 3.05) is 26.3 Å². The van der Waals surface area contributed by atoms with Crippen LogP contribution in [0.15, 0.2) is 0 Å². The first-order chi connectivity index (χ1) is 8.67. The summed E-state index contributed by atoms with van der Waals surface area (Å²) >= 11 is 0. The molecule has 0 radical (unpaired) electrons. The van der Waals surface area contributed by atoms with Crippen LogP contribution in [-0.4, -0.2) is 43.4 Å². The maximum absolute atomic E-state index is 11.9. The Hall–Kier alpha value is -0.610. The number of likely N-dealkylation sites (tertiary alicyclic amines) is 1. The van der Waals surface area contributed by atoms with Crippen LogP contribution in [0.3, 0.4) is 0 Å². The standard InChI is InChI=1S/C14H27NO3/c1-4-17-14(18-5-2)9-11-15-10-8-12(3)6-7-13(15)16/h12,14H,4-11H2,1-3H3. The molecule has 0 aromatic carbocycles. The molecule has 0 N–H and O–H groups in total. The van der Waals surface area contributed by atoms with E-state index in [1.165, 1.54) is 0 Å². The van der Waals surface area contributed by atoms with Crippen molar-refractivity contribution in [1.29, 1.82) is 0 Å². The van der Waals surface area contributed by atoms with Crippen molar-refractivity contribution >= 4 is 5.91 Å². The second kappa shape index (κ2) is 8.48. The van der Waals surface area contributed by atoms with Crippen LogP contribution in [0.5, 0.6) is 0 Å². The van der Waals surface area contributed by atoms with Gasteiger partial charge in [-0.05, 0) is 32.6 Å². The van der Waals surface area contributed by atoms with Crippen molar-refractivity contribution in [3.63, 3.8) is 0 Å². The van der Waals surface area contributed by atoms with E-state index in [2.05, 4.69) is 6.92 Å². The van der Waals surface area contributed by atoms with Gasteiger partial charge < -0.3 is 14.4 Å². The van der Waals surface area contributed by atoms with E-state index in [0.29, 0.717) is 25.6 Å². The molecule has 106 valence electrons. The van der Waals surface area contributed by atoms with Gasteiger partial charge in [-0.25, -0.2) is 0 Å². The lowest BCUT2D eigenvalue weighted by molar-refractivity contribution is -0.146. The molecule has 1 aliphatic heterocycles. The van der Waals surface area contributed by atoms with Crippen LogP contribution >= 0.6 is 0 Å². The smallest absolute Gasteiger partial charge is 0.222 e. The lowest BCUT2D eigenvalue weighted by Crippen LogP contribution is -2.34. The Balaban J connectivity index is 2.37. The molecule has 0 aliphatic carbocycles. The maximum atomic E-state index is 11.9. The molecule has 0 spiro atoms. The van der Waals surface area contributed by atoms with E-state index in [-0.39, 0.29) is 12.2 Å². The zero-order valence-electron chi connectivity index (χ0n) is 12.0. The minimum Gasteiger partial charge on any atom is -0.353 e. The van der Waals surface area contributed by atoms with Gasteiger partial charge in [-0.1, -0.05) is 6.92 Å². The summed E-state index contributed by atoms with van der Waals surface area (Å²) in [4.78, 5) is 13.9. The van der Waals surface area contributed by atoms with Gasteiger partial charge in [0, 0.05) is 39.1 Å². The van der Waals surface area contributed by atoms with Gasteiger partial charge in [0.1, 0.15) is 0 Å². The first kappa shape index (κ1) is 15.4. The second-order valence-corrected chi connectivity index (χ2v) is 4.94. The van der Waals surface area contributed by atoms with Crippen molar-refractivity contribution in [3.8, 4) is 0 Å². The SMILES string of the molecule is CCOC(CCN1CCC(C)CCC1=O)OCC. The average Bonchev–Trinajstić information content (AvgIpc) is 2.50. The third-order valence-corrected chi connectivity index (χ3v) is 3.44. The summed E-state index contributed by atoms with van der Waals surface area (Å²) in [6.45, 7) is 9.07. The molecule has 1 atom stereocenters. The molecule has 0 saturated carbocycles. The topological polar surface area (TPSA) is 38.8 Å². The van der Waals surface area contributed by atoms with E-state index in [9.17, 15) is 4.79 Å². The summed E-state index contributed by atoms with van der Waals surface area (Å²) < 4.78 is 11.0. The minimum absolute atomic E-state index is 0.173. The highest BCUT2D eigenvalue weighted by Crippen LogP contribution is 2.18. The number of hydrogen-bond acceptors (Lipinski definition) is 3. The summed E-state index contributed by atoms with van der Waals surface area (Å²) in [5.41, 5.74) is 0. The highest BCUT2D eigenvalue weighted by atomic mass is 16.7. The van der Waals surface area contributed by atoms with E-state index in [0.717, 1.165) is 32.4 Å². The van der Waals surface area contributed by atoms with Crippen molar-refractivity contribution in [3.05, 3.63) is 0 Å². The summed E-state index contributed by atoms with van der Waals surface area (Å²) in [7, 11) is 0. The second-order valence-electron chi connectivity index (χ2n) is 4.94. The highest BCUT2D eigenvalue weighted by molar-refractivity contribution is 5.76. The quantitative estimate of drug-likeness (QED) is 0.657. The van der Waals surface area contributed by atoms with Crippen LogP contribution in [0, 0.1) is 5.92 Å². The number of amides is 1. The average molecular weight is 257 g/mol. The van der Waals surface area contributed by atoms with Crippen molar-refractivity contribution < 1.29 is 14.3 Å². The molecule has 0 aromatic rings. The zero-order valence-corrected chi connectivity index (χ0v) is 12.0. The predicted molar refractivity (Wildman–Crippen MR) is 71.3 cm³/mol. The molecule has 0 bridgehead atoms. The molecular weight excluding hydrogens is 230 g/mol. The van der Waals surface area contributed by atoms with Gasteiger partial charge in [-0.15, -0.1) is 0 Å². The Morgan fingerprint density at radius 3 is 2.56 bits per heavy atom. The van der Waals surface area contributed by atoms with Gasteiger partial charge in [-0.2, -0.15) is 0 Å². The van der Waals surface area contributed by atoms with Gasteiger partial charge in [-0.3, -0.25) is 4.79 Å². The monoisotopic (exact) mass is 257 g/mol. The fraction of sp³-hybridized carbons (Fsp3) is 0.929. The first-order valence-electron chi connectivity index (χ1n) is 7.18. The summed E-state index contributed by atoms with van der Waals surface area (Å²) in [6, 6.07) is 0. The number of nitrogens with zero attached hydrogens (tertiary/aromatic N) is 1. The molecule has 4 nitrogen and oxygen atoms in total. The number of carbonyl (C=O) groups is 1. The predicted octanol–water partition coefficient (Wildman–Crippen LogP) is 2.42. The van der Waals surface area contributed by atoms with E-state index >= 15 is 0 Å². The van der Waals surface area contributed by atoms with E-state index in [4.69, 9.17) is 9.47 Å². The van der Waals surface area contributed by atoms with Crippen molar-refractivity contribution in [2.24, 2.45) is 5.92 Å². The molecule has 1 amide bonds. The third-order valence-electron chi connectivity index (χ3n) is 3.44. The van der Waals surface area contributed by atoms with Gasteiger partial charge >= 0.3 is 0 Å². The van der Waals surface area contributed by atoms with Crippen molar-refractivity contribution in [2.45, 2.75) is 52.7 Å². The van der Waals surface area contributed by atoms with Crippen LogP contribution < -0.4 is 0 Å². The first-order valence-corrected chi connectivity index (χ1v) is 7.18. The number of rotatable bonds is 7. The Morgan fingerprint density at radius 2 is 1.94 bits per heavy atom. The molecule has 1 fully saturated rings. The summed E-state index contributed by atoms with van der Waals surface area (Å²) in [5, 5.41) is 0. The molecule has 1 unspecified atom stereocenters. The molecular formula is C14H27NO3. The van der Waals surface area contributed by atoms with Crippen LogP contribution in [0.4, 0.5) is 0 Å². The van der Waals surface area contributed by atoms with Crippen LogP contribution in [-0.2, 0) is 14.3 Å². The van der Waals surface area contributed by atoms with Gasteiger partial charge in [0.2, 0.25) is 5.91 Å². The summed E-state index contributed by atoms with van der Waals surface area (Å²) in [6.07, 6.45) is 3.42. The fourth-order valence-electron chi connectivity index (χ4n) is 2.26. The fourth-order valence-corrected chi connectivity index (χ4v) is 2.26. The molecule has 1 heterocycles. The lowest BCUT2D eigenvalue weighted by Gasteiger charge is -2.24. The lowest BCUT2D eigenvalue weighted by atomic mass is 10.0. The third kappa shape index (κ3) is 5.36. The number of hydrogen-bond donors (Lipinski definition) is 0. The highest BCUT2D eigenvalue weighted by Gasteiger charge is 2.21. The Morgan fingerprint density at radius 1 is 1.28 bits per heavy atom. The van der Waals surface area contributed by atoms with Crippen LogP contribution in [0.1, 0.15) is 46.5 Å². The largest absolute Gasteiger partial charge is 0.353 e. The number of carbonyl (C=O) groups excluding carboxylic acids is 1. The molecule has 1 saturated heterocycles. The van der Waals surface area contributed by atoms with E-state index in [1.54, 1.807) is 0 Å². The molecule has 18 heavy (non-hydrogen) atoms.